The van der Waals surface area contributed by atoms with Gasteiger partial charge in [-0.1, -0.05) is 22.0 Å². The minimum Gasteiger partial charge on any atom is -0.297 e. The number of hydrogen-bond acceptors (Lipinski definition) is 1. The minimum atomic E-state index is -0.525. The fourth-order valence-electron chi connectivity index (χ4n) is 1.65. The minimum absolute atomic E-state index is 0.346. The molecule has 0 saturated carbocycles. The molecule has 0 aliphatic carbocycles. The van der Waals surface area contributed by atoms with E-state index in [1.165, 1.54) is 12.1 Å². The van der Waals surface area contributed by atoms with Crippen molar-refractivity contribution in [2.24, 2.45) is 0 Å². The molecule has 1 nitrogen and oxygen atoms in total. The van der Waals surface area contributed by atoms with Gasteiger partial charge in [-0.25, -0.2) is 8.78 Å². The molecule has 0 radical (unpaired) electrons. The summed E-state index contributed by atoms with van der Waals surface area (Å²) in [6.45, 7) is 5.59. The van der Waals surface area contributed by atoms with Crippen molar-refractivity contribution in [2.75, 3.05) is 11.9 Å². The van der Waals surface area contributed by atoms with Gasteiger partial charge < -0.3 is 0 Å². The van der Waals surface area contributed by atoms with Crippen LogP contribution in [0.4, 0.5) is 8.78 Å². The Morgan fingerprint density at radius 1 is 1.29 bits per heavy atom. The van der Waals surface area contributed by atoms with Gasteiger partial charge in [-0.15, -0.1) is 0 Å². The zero-order valence-electron chi connectivity index (χ0n) is 10.2. The molecule has 4 heteroatoms. The largest absolute Gasteiger partial charge is 0.297 e. The zero-order chi connectivity index (χ0) is 12.8. The molecule has 96 valence electrons. The second-order valence-corrected chi connectivity index (χ2v) is 5.14. The lowest BCUT2D eigenvalue weighted by Gasteiger charge is -2.26. The van der Waals surface area contributed by atoms with Gasteiger partial charge >= 0.3 is 0 Å². The Labute approximate surface area is 110 Å². The predicted molar refractivity (Wildman–Crippen MR) is 70.3 cm³/mol. The average Bonchev–Trinajstić information content (AvgIpc) is 2.26. The van der Waals surface area contributed by atoms with E-state index >= 15 is 0 Å². The number of alkyl halides is 1. The molecule has 0 heterocycles. The van der Waals surface area contributed by atoms with E-state index in [1.807, 2.05) is 0 Å². The van der Waals surface area contributed by atoms with E-state index < -0.39 is 11.6 Å². The summed E-state index contributed by atoms with van der Waals surface area (Å²) in [5.41, 5.74) is 0.551. The van der Waals surface area contributed by atoms with Crippen molar-refractivity contribution in [3.63, 3.8) is 0 Å². The third-order valence-corrected chi connectivity index (χ3v) is 3.26. The molecule has 0 unspecified atom stereocenters. The van der Waals surface area contributed by atoms with Gasteiger partial charge in [-0.3, -0.25) is 4.90 Å². The van der Waals surface area contributed by atoms with Gasteiger partial charge in [0.2, 0.25) is 0 Å². The van der Waals surface area contributed by atoms with Crippen LogP contribution in [0.3, 0.4) is 0 Å². The van der Waals surface area contributed by atoms with Crippen LogP contribution in [0, 0.1) is 11.6 Å². The summed E-state index contributed by atoms with van der Waals surface area (Å²) in [5.74, 6) is -0.989. The molecule has 0 bridgehead atoms. The zero-order valence-corrected chi connectivity index (χ0v) is 11.8. The van der Waals surface area contributed by atoms with Crippen LogP contribution in [0.5, 0.6) is 0 Å². The van der Waals surface area contributed by atoms with E-state index in [4.69, 9.17) is 0 Å². The molecule has 0 aliphatic rings. The van der Waals surface area contributed by atoms with Gasteiger partial charge in [-0.05, 0) is 32.9 Å². The van der Waals surface area contributed by atoms with Gasteiger partial charge in [0.25, 0.3) is 0 Å². The van der Waals surface area contributed by atoms with Crippen LogP contribution in [-0.2, 0) is 6.54 Å². The Hall–Kier alpha value is -0.480. The normalized spacial score (nSPS) is 11.5. The van der Waals surface area contributed by atoms with Gasteiger partial charge in [0.15, 0.2) is 0 Å². The Morgan fingerprint density at radius 3 is 2.53 bits per heavy atom. The highest BCUT2D eigenvalue weighted by molar-refractivity contribution is 9.09. The molecule has 0 atom stereocenters. The van der Waals surface area contributed by atoms with Crippen molar-refractivity contribution in [3.05, 3.63) is 35.4 Å². The van der Waals surface area contributed by atoms with Gasteiger partial charge in [-0.2, -0.15) is 0 Å². The van der Waals surface area contributed by atoms with Crippen molar-refractivity contribution in [1.82, 2.24) is 4.90 Å². The lowest BCUT2D eigenvalue weighted by molar-refractivity contribution is 0.211. The van der Waals surface area contributed by atoms with E-state index in [0.717, 1.165) is 24.4 Å². The van der Waals surface area contributed by atoms with E-state index in [1.54, 1.807) is 0 Å². The second-order valence-electron chi connectivity index (χ2n) is 4.34. The molecule has 0 saturated heterocycles. The summed E-state index contributed by atoms with van der Waals surface area (Å²) in [4.78, 5) is 2.18. The summed E-state index contributed by atoms with van der Waals surface area (Å²) in [7, 11) is 0. The van der Waals surface area contributed by atoms with Crippen LogP contribution in [0.25, 0.3) is 0 Å². The molecule has 1 aromatic rings. The maximum Gasteiger partial charge on any atom is 0.130 e. The van der Waals surface area contributed by atoms with Crippen LogP contribution >= 0.6 is 15.9 Å². The molecule has 0 N–H and O–H groups in total. The van der Waals surface area contributed by atoms with Crippen LogP contribution in [0.15, 0.2) is 18.2 Å². The van der Waals surface area contributed by atoms with E-state index in [0.29, 0.717) is 18.2 Å². The number of halogens is 3. The van der Waals surface area contributed by atoms with Crippen molar-refractivity contribution in [3.8, 4) is 0 Å². The van der Waals surface area contributed by atoms with Gasteiger partial charge in [0.1, 0.15) is 11.6 Å². The molecule has 1 aromatic carbocycles. The molecule has 0 spiro atoms. The van der Waals surface area contributed by atoms with Crippen LogP contribution in [0.1, 0.15) is 25.8 Å². The van der Waals surface area contributed by atoms with Crippen LogP contribution < -0.4 is 0 Å². The highest BCUT2D eigenvalue weighted by Crippen LogP contribution is 2.14. The maximum absolute atomic E-state index is 13.5. The SMILES string of the molecule is CC(C)N(CCCBr)Cc1ccc(F)cc1F. The maximum atomic E-state index is 13.5. The summed E-state index contributed by atoms with van der Waals surface area (Å²) in [6, 6.07) is 4.12. The topological polar surface area (TPSA) is 3.24 Å². The molecule has 0 amide bonds. The molecule has 17 heavy (non-hydrogen) atoms. The standard InChI is InChI=1S/C13H18BrF2N/c1-10(2)17(7-3-6-14)9-11-4-5-12(15)8-13(11)16/h4-5,8,10H,3,6-7,9H2,1-2H3. The number of hydrogen-bond donors (Lipinski definition) is 0. The molecule has 1 rings (SSSR count). The van der Waals surface area contributed by atoms with Crippen molar-refractivity contribution in [1.29, 1.82) is 0 Å². The summed E-state index contributed by atoms with van der Waals surface area (Å²) < 4.78 is 26.3. The molecular weight excluding hydrogens is 288 g/mol. The molecule has 0 aromatic heterocycles. The van der Waals surface area contributed by atoms with E-state index in [-0.39, 0.29) is 0 Å². The Balaban J connectivity index is 2.71. The first-order chi connectivity index (χ1) is 8.04. The summed E-state index contributed by atoms with van der Waals surface area (Å²) in [6.07, 6.45) is 1.01. The highest BCUT2D eigenvalue weighted by Gasteiger charge is 2.12. The van der Waals surface area contributed by atoms with Gasteiger partial charge in [0, 0.05) is 29.5 Å². The monoisotopic (exact) mass is 305 g/mol. The lowest BCUT2D eigenvalue weighted by atomic mass is 10.1. The Bertz CT molecular complexity index is 355. The predicted octanol–water partition coefficient (Wildman–Crippen LogP) is 3.96. The Kier molecular flexibility index (Phi) is 6.06. The summed E-state index contributed by atoms with van der Waals surface area (Å²) >= 11 is 3.39. The quantitative estimate of drug-likeness (QED) is 0.719. The average molecular weight is 306 g/mol. The van der Waals surface area contributed by atoms with E-state index in [2.05, 4.69) is 34.7 Å². The first-order valence-corrected chi connectivity index (χ1v) is 6.90. The third-order valence-electron chi connectivity index (χ3n) is 2.70. The number of rotatable bonds is 6. The van der Waals surface area contributed by atoms with Gasteiger partial charge in [0.05, 0.1) is 0 Å². The van der Waals surface area contributed by atoms with Crippen LogP contribution in [0.2, 0.25) is 0 Å². The molecule has 0 fully saturated rings. The molecule has 0 aliphatic heterocycles. The highest BCUT2D eigenvalue weighted by atomic mass is 79.9. The van der Waals surface area contributed by atoms with Crippen molar-refractivity contribution in [2.45, 2.75) is 32.9 Å². The fourth-order valence-corrected chi connectivity index (χ4v) is 1.90. The third kappa shape index (κ3) is 4.72. The first-order valence-electron chi connectivity index (χ1n) is 5.78. The second kappa shape index (κ2) is 7.07. The van der Waals surface area contributed by atoms with Crippen molar-refractivity contribution >= 4 is 15.9 Å². The molecular formula is C13H18BrF2N. The summed E-state index contributed by atoms with van der Waals surface area (Å²) in [5, 5.41) is 0.933. The van der Waals surface area contributed by atoms with E-state index in [9.17, 15) is 8.78 Å². The number of benzene rings is 1. The first kappa shape index (κ1) is 14.6. The smallest absolute Gasteiger partial charge is 0.130 e. The fraction of sp³-hybridized carbons (Fsp3) is 0.538. The van der Waals surface area contributed by atoms with Crippen molar-refractivity contribution < 1.29 is 8.78 Å². The Morgan fingerprint density at radius 2 is 2.00 bits per heavy atom. The number of nitrogens with zero attached hydrogens (tertiary/aromatic N) is 1. The lowest BCUT2D eigenvalue weighted by Crippen LogP contribution is -2.31. The van der Waals surface area contributed by atoms with Crippen LogP contribution in [-0.4, -0.2) is 22.8 Å².